The molecule has 2 aromatic rings. The topological polar surface area (TPSA) is 49.4 Å². The molecule has 2 rings (SSSR count). The van der Waals surface area contributed by atoms with Gasteiger partial charge in [-0.3, -0.25) is 9.59 Å². The Hall–Kier alpha value is -1.69. The average Bonchev–Trinajstić information content (AvgIpc) is 2.73. The lowest BCUT2D eigenvalue weighted by atomic mass is 10.1. The van der Waals surface area contributed by atoms with Gasteiger partial charge in [-0.25, -0.2) is 0 Å². The van der Waals surface area contributed by atoms with Crippen LogP contribution in [-0.4, -0.2) is 34.6 Å². The van der Waals surface area contributed by atoms with Gasteiger partial charge in [0, 0.05) is 28.4 Å². The second kappa shape index (κ2) is 12.2. The van der Waals surface area contributed by atoms with Crippen molar-refractivity contribution in [2.45, 2.75) is 51.6 Å². The van der Waals surface area contributed by atoms with E-state index in [0.717, 1.165) is 17.5 Å². The van der Waals surface area contributed by atoms with Crippen LogP contribution in [0.1, 0.15) is 38.3 Å². The Labute approximate surface area is 193 Å². The van der Waals surface area contributed by atoms with E-state index in [2.05, 4.69) is 5.32 Å². The Bertz CT molecular complexity index is 845. The number of carbonyl (C=O) groups is 2. The van der Waals surface area contributed by atoms with Crippen LogP contribution in [0.15, 0.2) is 48.5 Å². The maximum atomic E-state index is 13.1. The lowest BCUT2D eigenvalue weighted by Crippen LogP contribution is -2.50. The third-order valence-electron chi connectivity index (χ3n) is 4.88. The van der Waals surface area contributed by atoms with Crippen molar-refractivity contribution in [3.8, 4) is 0 Å². The molecule has 1 N–H and O–H groups in total. The number of nitrogens with zero attached hydrogens (tertiary/aromatic N) is 1. The Morgan fingerprint density at radius 3 is 2.37 bits per heavy atom. The summed E-state index contributed by atoms with van der Waals surface area (Å²) in [4.78, 5) is 27.4. The highest BCUT2D eigenvalue weighted by Crippen LogP contribution is 2.22. The molecule has 0 aliphatic heterocycles. The number of carbonyl (C=O) groups excluding carboxylic acids is 2. The first kappa shape index (κ1) is 24.6. The van der Waals surface area contributed by atoms with Crippen LogP contribution in [0.3, 0.4) is 0 Å². The monoisotopic (exact) mass is 466 g/mol. The van der Waals surface area contributed by atoms with Gasteiger partial charge in [-0.1, -0.05) is 60.5 Å². The van der Waals surface area contributed by atoms with Crippen LogP contribution in [0.5, 0.6) is 0 Å². The van der Waals surface area contributed by atoms with E-state index in [9.17, 15) is 9.59 Å². The zero-order valence-corrected chi connectivity index (χ0v) is 19.9. The summed E-state index contributed by atoms with van der Waals surface area (Å²) in [6.07, 6.45) is 0.831. The predicted molar refractivity (Wildman–Crippen MR) is 127 cm³/mol. The molecule has 162 valence electrons. The van der Waals surface area contributed by atoms with Crippen LogP contribution in [0.25, 0.3) is 0 Å². The van der Waals surface area contributed by atoms with Crippen LogP contribution in [0.2, 0.25) is 10.0 Å². The van der Waals surface area contributed by atoms with Gasteiger partial charge in [0.2, 0.25) is 11.8 Å². The SMILES string of the molecule is CC[C@H](C)NC(=O)[C@@H](C)N(Cc1ccc(Cl)cc1)C(=O)CSCc1ccccc1Cl. The number of rotatable bonds is 10. The van der Waals surface area contributed by atoms with Crippen LogP contribution >= 0.6 is 35.0 Å². The van der Waals surface area contributed by atoms with E-state index in [0.29, 0.717) is 22.3 Å². The molecule has 0 radical (unpaired) electrons. The van der Waals surface area contributed by atoms with Gasteiger partial charge in [0.1, 0.15) is 6.04 Å². The summed E-state index contributed by atoms with van der Waals surface area (Å²) in [6, 6.07) is 14.4. The highest BCUT2D eigenvalue weighted by molar-refractivity contribution is 7.99. The molecule has 0 unspecified atom stereocenters. The lowest BCUT2D eigenvalue weighted by molar-refractivity contribution is -0.138. The van der Waals surface area contributed by atoms with E-state index in [4.69, 9.17) is 23.2 Å². The first-order valence-corrected chi connectivity index (χ1v) is 11.9. The van der Waals surface area contributed by atoms with Crippen molar-refractivity contribution in [3.05, 3.63) is 69.7 Å². The Kier molecular flexibility index (Phi) is 10.0. The van der Waals surface area contributed by atoms with Gasteiger partial charge in [-0.15, -0.1) is 11.8 Å². The van der Waals surface area contributed by atoms with Gasteiger partial charge in [0.05, 0.1) is 5.75 Å². The van der Waals surface area contributed by atoms with Gasteiger partial charge < -0.3 is 10.2 Å². The van der Waals surface area contributed by atoms with Gasteiger partial charge in [-0.2, -0.15) is 0 Å². The van der Waals surface area contributed by atoms with E-state index >= 15 is 0 Å². The van der Waals surface area contributed by atoms with Crippen molar-refractivity contribution < 1.29 is 9.59 Å². The molecular formula is C23H28Cl2N2O2S. The molecule has 4 nitrogen and oxygen atoms in total. The minimum atomic E-state index is -0.580. The van der Waals surface area contributed by atoms with Crippen LogP contribution < -0.4 is 5.32 Å². The molecule has 2 amide bonds. The van der Waals surface area contributed by atoms with Crippen molar-refractivity contribution in [2.75, 3.05) is 5.75 Å². The van der Waals surface area contributed by atoms with Gasteiger partial charge in [0.15, 0.2) is 0 Å². The lowest BCUT2D eigenvalue weighted by Gasteiger charge is -2.29. The second-order valence-electron chi connectivity index (χ2n) is 7.23. The highest BCUT2D eigenvalue weighted by Gasteiger charge is 2.26. The molecule has 0 saturated carbocycles. The van der Waals surface area contributed by atoms with E-state index in [1.54, 1.807) is 24.0 Å². The van der Waals surface area contributed by atoms with Crippen molar-refractivity contribution in [1.82, 2.24) is 10.2 Å². The number of amides is 2. The quantitative estimate of drug-likeness (QED) is 0.498. The number of hydrogen-bond acceptors (Lipinski definition) is 3. The first-order valence-electron chi connectivity index (χ1n) is 9.97. The van der Waals surface area contributed by atoms with Crippen molar-refractivity contribution in [3.63, 3.8) is 0 Å². The number of halogens is 2. The van der Waals surface area contributed by atoms with Crippen LogP contribution in [0, 0.1) is 0 Å². The summed E-state index contributed by atoms with van der Waals surface area (Å²) in [5.41, 5.74) is 1.91. The largest absolute Gasteiger partial charge is 0.352 e. The fraction of sp³-hybridized carbons (Fsp3) is 0.391. The van der Waals surface area contributed by atoms with Crippen molar-refractivity contribution in [2.24, 2.45) is 0 Å². The molecule has 7 heteroatoms. The molecule has 0 aliphatic rings. The average molecular weight is 467 g/mol. The fourth-order valence-corrected chi connectivity index (χ4v) is 4.10. The molecule has 0 spiro atoms. The summed E-state index contributed by atoms with van der Waals surface area (Å²) in [6.45, 7) is 6.08. The summed E-state index contributed by atoms with van der Waals surface area (Å²) in [7, 11) is 0. The molecule has 30 heavy (non-hydrogen) atoms. The molecule has 0 aromatic heterocycles. The molecule has 0 aliphatic carbocycles. The molecule has 0 heterocycles. The van der Waals surface area contributed by atoms with Crippen molar-refractivity contribution >= 4 is 46.8 Å². The zero-order valence-electron chi connectivity index (χ0n) is 17.5. The van der Waals surface area contributed by atoms with Gasteiger partial charge in [0.25, 0.3) is 0 Å². The molecule has 0 fully saturated rings. The van der Waals surface area contributed by atoms with Crippen LogP contribution in [0.4, 0.5) is 0 Å². The maximum Gasteiger partial charge on any atom is 0.242 e. The van der Waals surface area contributed by atoms with E-state index in [1.165, 1.54) is 11.8 Å². The molecular weight excluding hydrogens is 439 g/mol. The van der Waals surface area contributed by atoms with E-state index in [-0.39, 0.29) is 23.6 Å². The summed E-state index contributed by atoms with van der Waals surface area (Å²) in [5.74, 6) is 0.657. The maximum absolute atomic E-state index is 13.1. The normalized spacial score (nSPS) is 12.8. The second-order valence-corrected chi connectivity index (χ2v) is 9.06. The van der Waals surface area contributed by atoms with Crippen molar-refractivity contribution in [1.29, 1.82) is 0 Å². The molecule has 2 atom stereocenters. The minimum Gasteiger partial charge on any atom is -0.352 e. The number of thioether (sulfide) groups is 1. The number of benzene rings is 2. The summed E-state index contributed by atoms with van der Waals surface area (Å²) >= 11 is 13.7. The Balaban J connectivity index is 2.08. The smallest absolute Gasteiger partial charge is 0.242 e. The Morgan fingerprint density at radius 2 is 1.73 bits per heavy atom. The summed E-state index contributed by atoms with van der Waals surface area (Å²) in [5, 5.41) is 4.30. The van der Waals surface area contributed by atoms with E-state index in [1.807, 2.05) is 50.2 Å². The van der Waals surface area contributed by atoms with Gasteiger partial charge >= 0.3 is 0 Å². The predicted octanol–water partition coefficient (Wildman–Crippen LogP) is 5.56. The fourth-order valence-electron chi connectivity index (χ4n) is 2.78. The van der Waals surface area contributed by atoms with Gasteiger partial charge in [-0.05, 0) is 49.6 Å². The standard InChI is InChI=1S/C23H28Cl2N2O2S/c1-4-16(2)26-23(29)17(3)27(13-18-9-11-20(24)12-10-18)22(28)15-30-14-19-7-5-6-8-21(19)25/h5-12,16-17H,4,13-15H2,1-3H3,(H,26,29)/t16-,17+/m0/s1. The summed E-state index contributed by atoms with van der Waals surface area (Å²) < 4.78 is 0. The molecule has 0 bridgehead atoms. The third kappa shape index (κ3) is 7.53. The third-order valence-corrected chi connectivity index (χ3v) is 6.46. The Morgan fingerprint density at radius 1 is 1.07 bits per heavy atom. The molecule has 0 saturated heterocycles. The number of nitrogens with one attached hydrogen (secondary N) is 1. The van der Waals surface area contributed by atoms with E-state index < -0.39 is 6.04 Å². The zero-order chi connectivity index (χ0) is 22.1. The number of hydrogen-bond donors (Lipinski definition) is 1. The first-order chi connectivity index (χ1) is 14.3. The minimum absolute atomic E-state index is 0.0574. The van der Waals surface area contributed by atoms with Crippen LogP contribution in [-0.2, 0) is 21.9 Å². The highest BCUT2D eigenvalue weighted by atomic mass is 35.5. The molecule has 2 aromatic carbocycles.